The van der Waals surface area contributed by atoms with Crippen LogP contribution in [0.25, 0.3) is 0 Å². The summed E-state index contributed by atoms with van der Waals surface area (Å²) in [6.45, 7) is 5.64. The minimum absolute atomic E-state index is 0. The van der Waals surface area contributed by atoms with E-state index in [2.05, 4.69) is 14.8 Å². The Morgan fingerprint density at radius 3 is 2.42 bits per heavy atom. The summed E-state index contributed by atoms with van der Waals surface area (Å²) < 4.78 is 67.5. The lowest BCUT2D eigenvalue weighted by atomic mass is 10.0. The summed E-state index contributed by atoms with van der Waals surface area (Å²) in [6.07, 6.45) is 1.55. The molecule has 2 unspecified atom stereocenters. The van der Waals surface area contributed by atoms with Gasteiger partial charge in [-0.3, -0.25) is 4.72 Å². The Balaban J connectivity index is 0.00000338. The highest BCUT2D eigenvalue weighted by molar-refractivity contribution is 7.93. The van der Waals surface area contributed by atoms with Gasteiger partial charge < -0.3 is 5.32 Å². The second-order valence-corrected chi connectivity index (χ2v) is 10.4. The van der Waals surface area contributed by atoms with Gasteiger partial charge in [-0.2, -0.15) is 0 Å². The van der Waals surface area contributed by atoms with Crippen LogP contribution >= 0.6 is 12.4 Å². The van der Waals surface area contributed by atoms with E-state index in [0.717, 1.165) is 25.1 Å². The lowest BCUT2D eigenvalue weighted by Gasteiger charge is -2.30. The summed E-state index contributed by atoms with van der Waals surface area (Å²) in [5.41, 5.74) is -0.277. The molecule has 0 aliphatic carbocycles. The molecular weight excluding hydrogens is 405 g/mol. The first-order valence-corrected chi connectivity index (χ1v) is 11.1. The van der Waals surface area contributed by atoms with Crippen molar-refractivity contribution >= 4 is 38.1 Å². The molecule has 11 heteroatoms. The van der Waals surface area contributed by atoms with Crippen LogP contribution in [0.1, 0.15) is 33.6 Å². The van der Waals surface area contributed by atoms with Crippen LogP contribution in [0.2, 0.25) is 0 Å². The lowest BCUT2D eigenvalue weighted by Crippen LogP contribution is -2.51. The van der Waals surface area contributed by atoms with Crippen LogP contribution in [-0.4, -0.2) is 40.7 Å². The van der Waals surface area contributed by atoms with E-state index in [0.29, 0.717) is 6.42 Å². The van der Waals surface area contributed by atoms with Gasteiger partial charge in [0, 0.05) is 12.1 Å². The van der Waals surface area contributed by atoms with Crippen molar-refractivity contribution in [3.05, 3.63) is 24.0 Å². The Labute approximate surface area is 160 Å². The maximum Gasteiger partial charge on any atom is 0.240 e. The van der Waals surface area contributed by atoms with Crippen molar-refractivity contribution in [3.8, 4) is 0 Å². The Bertz CT molecular complexity index is 831. The first kappa shape index (κ1) is 23.1. The molecule has 0 amide bonds. The quantitative estimate of drug-likeness (QED) is 0.639. The van der Waals surface area contributed by atoms with Crippen molar-refractivity contribution in [1.29, 1.82) is 0 Å². The van der Waals surface area contributed by atoms with Gasteiger partial charge in [-0.15, -0.1) is 12.4 Å². The number of benzene rings is 1. The SMILES string of the molecule is CC1NCCCC1NS(=O)(=O)c1ccc(NS(=O)(=O)C(C)C)c(F)c1.Cl. The third-order valence-electron chi connectivity index (χ3n) is 4.19. The Hall–Kier alpha value is -0.940. The molecule has 1 aromatic rings. The van der Waals surface area contributed by atoms with Crippen molar-refractivity contribution in [3.63, 3.8) is 0 Å². The van der Waals surface area contributed by atoms with Gasteiger partial charge in [-0.1, -0.05) is 0 Å². The van der Waals surface area contributed by atoms with Crippen molar-refractivity contribution in [2.45, 2.75) is 55.8 Å². The number of hydrogen-bond donors (Lipinski definition) is 3. The average Bonchev–Trinajstić information content (AvgIpc) is 2.51. The first-order chi connectivity index (χ1) is 11.5. The van der Waals surface area contributed by atoms with Gasteiger partial charge in [0.25, 0.3) is 0 Å². The molecule has 0 bridgehead atoms. The number of rotatable bonds is 6. The van der Waals surface area contributed by atoms with Crippen LogP contribution < -0.4 is 14.8 Å². The van der Waals surface area contributed by atoms with Crippen LogP contribution in [0.3, 0.4) is 0 Å². The van der Waals surface area contributed by atoms with Gasteiger partial charge in [-0.25, -0.2) is 25.9 Å². The van der Waals surface area contributed by atoms with Crippen molar-refractivity contribution in [2.75, 3.05) is 11.3 Å². The molecule has 1 saturated heterocycles. The zero-order chi connectivity index (χ0) is 18.8. The zero-order valence-electron chi connectivity index (χ0n) is 14.8. The first-order valence-electron chi connectivity index (χ1n) is 8.10. The molecule has 1 fully saturated rings. The average molecular weight is 430 g/mol. The molecule has 0 radical (unpaired) electrons. The monoisotopic (exact) mass is 429 g/mol. The highest BCUT2D eigenvalue weighted by Crippen LogP contribution is 2.22. The number of nitrogens with one attached hydrogen (secondary N) is 3. The summed E-state index contributed by atoms with van der Waals surface area (Å²) in [5, 5.41) is 2.45. The maximum atomic E-state index is 14.2. The van der Waals surface area contributed by atoms with Crippen LogP contribution in [0.4, 0.5) is 10.1 Å². The third-order valence-corrected chi connectivity index (χ3v) is 7.43. The summed E-state index contributed by atoms with van der Waals surface area (Å²) in [5.74, 6) is -0.943. The summed E-state index contributed by atoms with van der Waals surface area (Å²) in [6, 6.07) is 2.82. The van der Waals surface area contributed by atoms with Crippen LogP contribution in [0.5, 0.6) is 0 Å². The predicted octanol–water partition coefficient (Wildman–Crippen LogP) is 1.82. The lowest BCUT2D eigenvalue weighted by molar-refractivity contribution is 0.349. The van der Waals surface area contributed by atoms with E-state index in [-0.39, 0.29) is 35.1 Å². The number of piperidine rings is 1. The summed E-state index contributed by atoms with van der Waals surface area (Å²) in [4.78, 5) is -0.240. The van der Waals surface area contributed by atoms with E-state index in [1.54, 1.807) is 0 Å². The molecule has 0 aromatic heterocycles. The topological polar surface area (TPSA) is 104 Å². The van der Waals surface area contributed by atoms with Gasteiger partial charge >= 0.3 is 0 Å². The van der Waals surface area contributed by atoms with Gasteiger partial charge in [0.05, 0.1) is 15.8 Å². The van der Waals surface area contributed by atoms with Gasteiger partial charge in [0.15, 0.2) is 0 Å². The van der Waals surface area contributed by atoms with E-state index in [9.17, 15) is 21.2 Å². The smallest absolute Gasteiger partial charge is 0.240 e. The van der Waals surface area contributed by atoms with Gasteiger partial charge in [0.2, 0.25) is 20.0 Å². The maximum absolute atomic E-state index is 14.2. The number of hydrogen-bond acceptors (Lipinski definition) is 5. The molecule has 2 rings (SSSR count). The van der Waals surface area contributed by atoms with E-state index in [1.807, 2.05) is 6.92 Å². The normalized spacial score (nSPS) is 21.3. The largest absolute Gasteiger partial charge is 0.313 e. The Morgan fingerprint density at radius 2 is 1.88 bits per heavy atom. The molecule has 0 spiro atoms. The molecular formula is C15H25ClFN3O4S2. The minimum Gasteiger partial charge on any atom is -0.313 e. The fraction of sp³-hybridized carbons (Fsp3) is 0.600. The molecule has 150 valence electrons. The van der Waals surface area contributed by atoms with Crippen molar-refractivity contribution in [2.24, 2.45) is 0 Å². The fourth-order valence-corrected chi connectivity index (χ4v) is 4.56. The van der Waals surface area contributed by atoms with E-state index < -0.39 is 31.1 Å². The zero-order valence-corrected chi connectivity index (χ0v) is 17.3. The van der Waals surface area contributed by atoms with Gasteiger partial charge in [-0.05, 0) is 58.4 Å². The van der Waals surface area contributed by atoms with E-state index >= 15 is 0 Å². The van der Waals surface area contributed by atoms with E-state index in [4.69, 9.17) is 0 Å². The second-order valence-electron chi connectivity index (χ2n) is 6.45. The van der Waals surface area contributed by atoms with Crippen molar-refractivity contribution in [1.82, 2.24) is 10.0 Å². The number of anilines is 1. The fourth-order valence-electron chi connectivity index (χ4n) is 2.49. The van der Waals surface area contributed by atoms with Crippen molar-refractivity contribution < 1.29 is 21.2 Å². The molecule has 1 heterocycles. The molecule has 1 aliphatic rings. The molecule has 1 aromatic carbocycles. The number of halogens is 2. The molecule has 0 saturated carbocycles. The highest BCUT2D eigenvalue weighted by atomic mass is 35.5. The van der Waals surface area contributed by atoms with Gasteiger partial charge in [0.1, 0.15) is 5.82 Å². The minimum atomic E-state index is -3.90. The predicted molar refractivity (Wildman–Crippen MR) is 102 cm³/mol. The molecule has 2 atom stereocenters. The second kappa shape index (κ2) is 8.83. The third kappa shape index (κ3) is 5.53. The molecule has 26 heavy (non-hydrogen) atoms. The molecule has 3 N–H and O–H groups in total. The molecule has 1 aliphatic heterocycles. The Morgan fingerprint density at radius 1 is 1.23 bits per heavy atom. The highest BCUT2D eigenvalue weighted by Gasteiger charge is 2.27. The molecule has 7 nitrogen and oxygen atoms in total. The standard InChI is InChI=1S/C15H24FN3O4S2.ClH/c1-10(2)24(20,21)19-15-7-6-12(9-13(15)16)25(22,23)18-14-5-4-8-17-11(14)3;/h6-7,9-11,14,17-19H,4-5,8H2,1-3H3;1H. The summed E-state index contributed by atoms with van der Waals surface area (Å²) >= 11 is 0. The van der Waals surface area contributed by atoms with Crippen LogP contribution in [0, 0.1) is 5.82 Å². The van der Waals surface area contributed by atoms with E-state index in [1.165, 1.54) is 19.9 Å². The summed E-state index contributed by atoms with van der Waals surface area (Å²) in [7, 11) is -7.61. The Kier molecular flexibility index (Phi) is 7.85. The van der Waals surface area contributed by atoms with Crippen LogP contribution in [0.15, 0.2) is 23.1 Å². The number of sulfonamides is 2. The van der Waals surface area contributed by atoms with Crippen LogP contribution in [-0.2, 0) is 20.0 Å².